The number of thiazole rings is 1. The van der Waals surface area contributed by atoms with Gasteiger partial charge in [-0.25, -0.2) is 4.98 Å². The predicted molar refractivity (Wildman–Crippen MR) is 93.2 cm³/mol. The molecule has 0 spiro atoms. The largest absolute Gasteiger partial charge is 0.469 e. The third-order valence-electron chi connectivity index (χ3n) is 4.20. The predicted octanol–water partition coefficient (Wildman–Crippen LogP) is 2.70. The van der Waals surface area contributed by atoms with Gasteiger partial charge in [0.25, 0.3) is 5.91 Å². The van der Waals surface area contributed by atoms with Crippen LogP contribution in [-0.4, -0.2) is 36.5 Å². The van der Waals surface area contributed by atoms with E-state index in [-0.39, 0.29) is 19.0 Å². The van der Waals surface area contributed by atoms with Gasteiger partial charge in [0.15, 0.2) is 11.7 Å². The molecule has 0 bridgehead atoms. The monoisotopic (exact) mass is 368 g/mol. The number of methoxy groups -OCH3 is 1. The fourth-order valence-electron chi connectivity index (χ4n) is 2.84. The van der Waals surface area contributed by atoms with Crippen LogP contribution in [0.2, 0.25) is 0 Å². The quantitative estimate of drug-likeness (QED) is 0.709. The van der Waals surface area contributed by atoms with E-state index in [1.165, 1.54) is 50.6 Å². The molecule has 2 rings (SSSR count). The molecule has 7 nitrogen and oxygen atoms in total. The van der Waals surface area contributed by atoms with Crippen molar-refractivity contribution in [1.29, 1.82) is 0 Å². The Bertz CT molecular complexity index is 596. The van der Waals surface area contributed by atoms with Crippen LogP contribution in [0, 0.1) is 5.92 Å². The zero-order valence-corrected chi connectivity index (χ0v) is 15.2. The van der Waals surface area contributed by atoms with Gasteiger partial charge in [0.2, 0.25) is 0 Å². The maximum Gasteiger partial charge on any atom is 0.311 e. The Morgan fingerprint density at radius 2 is 2.00 bits per heavy atom. The number of anilines is 1. The van der Waals surface area contributed by atoms with Gasteiger partial charge >= 0.3 is 11.9 Å². The molecule has 1 heterocycles. The zero-order chi connectivity index (χ0) is 18.1. The van der Waals surface area contributed by atoms with Crippen molar-refractivity contribution in [2.75, 3.05) is 19.0 Å². The second kappa shape index (κ2) is 10.1. The minimum atomic E-state index is -0.440. The van der Waals surface area contributed by atoms with Gasteiger partial charge in [0.05, 0.1) is 19.2 Å². The summed E-state index contributed by atoms with van der Waals surface area (Å²) in [5, 5.41) is 4.59. The van der Waals surface area contributed by atoms with Crippen LogP contribution in [0.1, 0.15) is 50.6 Å². The second-order valence-electron chi connectivity index (χ2n) is 6.15. The van der Waals surface area contributed by atoms with E-state index in [0.29, 0.717) is 23.2 Å². The zero-order valence-electron chi connectivity index (χ0n) is 14.4. The number of nitrogens with zero attached hydrogens (tertiary/aromatic N) is 1. The molecule has 138 valence electrons. The second-order valence-corrected chi connectivity index (χ2v) is 7.01. The average Bonchev–Trinajstić information content (AvgIpc) is 3.05. The molecule has 0 aliphatic heterocycles. The third kappa shape index (κ3) is 7.21. The normalized spacial score (nSPS) is 14.8. The fraction of sp³-hybridized carbons (Fsp3) is 0.647. The molecule has 1 N–H and O–H groups in total. The van der Waals surface area contributed by atoms with Gasteiger partial charge in [-0.05, 0) is 12.3 Å². The number of hydrogen-bond donors (Lipinski definition) is 1. The van der Waals surface area contributed by atoms with E-state index >= 15 is 0 Å². The van der Waals surface area contributed by atoms with Crippen LogP contribution in [0.4, 0.5) is 5.13 Å². The van der Waals surface area contributed by atoms with Crippen molar-refractivity contribution in [3.05, 3.63) is 11.1 Å². The van der Waals surface area contributed by atoms with Crippen LogP contribution < -0.4 is 5.32 Å². The van der Waals surface area contributed by atoms with E-state index < -0.39 is 11.9 Å². The van der Waals surface area contributed by atoms with Gasteiger partial charge in [-0.2, -0.15) is 0 Å². The molecule has 25 heavy (non-hydrogen) atoms. The Kier molecular flexibility index (Phi) is 7.84. The van der Waals surface area contributed by atoms with Crippen LogP contribution in [0.3, 0.4) is 0 Å². The number of esters is 2. The average molecular weight is 368 g/mol. The maximum absolute atomic E-state index is 11.8. The van der Waals surface area contributed by atoms with Crippen molar-refractivity contribution in [3.63, 3.8) is 0 Å². The summed E-state index contributed by atoms with van der Waals surface area (Å²) in [6.07, 6.45) is 7.40. The van der Waals surface area contributed by atoms with Crippen molar-refractivity contribution < 1.29 is 23.9 Å². The van der Waals surface area contributed by atoms with Gasteiger partial charge in [-0.1, -0.05) is 32.1 Å². The first-order valence-electron chi connectivity index (χ1n) is 8.53. The number of aromatic nitrogens is 1. The molecule has 1 saturated carbocycles. The molecular formula is C17H24N2O5S. The molecule has 8 heteroatoms. The van der Waals surface area contributed by atoms with Gasteiger partial charge in [0.1, 0.15) is 0 Å². The summed E-state index contributed by atoms with van der Waals surface area (Å²) in [7, 11) is 1.31. The van der Waals surface area contributed by atoms with Crippen LogP contribution >= 0.6 is 11.3 Å². The molecule has 0 saturated heterocycles. The van der Waals surface area contributed by atoms with Crippen LogP contribution in [-0.2, 0) is 30.3 Å². The Morgan fingerprint density at radius 1 is 1.24 bits per heavy atom. The molecule has 0 unspecified atom stereocenters. The maximum atomic E-state index is 11.8. The van der Waals surface area contributed by atoms with E-state index in [2.05, 4.69) is 15.0 Å². The highest BCUT2D eigenvalue weighted by Gasteiger charge is 2.16. The van der Waals surface area contributed by atoms with E-state index in [9.17, 15) is 14.4 Å². The Morgan fingerprint density at radius 3 is 2.72 bits per heavy atom. The molecule has 1 amide bonds. The number of carbonyl (C=O) groups is 3. The summed E-state index contributed by atoms with van der Waals surface area (Å²) in [5.74, 6) is -0.565. The molecule has 0 atom stereocenters. The van der Waals surface area contributed by atoms with Crippen molar-refractivity contribution in [2.24, 2.45) is 5.92 Å². The number of rotatable bonds is 8. The Hall–Kier alpha value is -1.96. The van der Waals surface area contributed by atoms with Crippen LogP contribution in [0.5, 0.6) is 0 Å². The molecular weight excluding hydrogens is 344 g/mol. The van der Waals surface area contributed by atoms with Crippen LogP contribution in [0.25, 0.3) is 0 Å². The molecule has 1 aromatic heterocycles. The summed E-state index contributed by atoms with van der Waals surface area (Å²) in [6.45, 7) is -0.324. The minimum absolute atomic E-state index is 0.0546. The Labute approximate surface area is 151 Å². The lowest BCUT2D eigenvalue weighted by molar-refractivity contribution is -0.147. The summed E-state index contributed by atoms with van der Waals surface area (Å²) < 4.78 is 9.56. The SMILES string of the molecule is COC(=O)Cc1csc(NC(=O)COC(=O)CCC2CCCCC2)n1. The van der Waals surface area contributed by atoms with Crippen molar-refractivity contribution in [1.82, 2.24) is 4.98 Å². The van der Waals surface area contributed by atoms with Gasteiger partial charge in [0, 0.05) is 11.8 Å². The fourth-order valence-corrected chi connectivity index (χ4v) is 3.56. The van der Waals surface area contributed by atoms with E-state index in [0.717, 1.165) is 6.42 Å². The topological polar surface area (TPSA) is 94.6 Å². The number of hydrogen-bond acceptors (Lipinski definition) is 7. The number of amides is 1. The highest BCUT2D eigenvalue weighted by molar-refractivity contribution is 7.13. The first-order chi connectivity index (χ1) is 12.1. The van der Waals surface area contributed by atoms with Gasteiger partial charge in [-0.15, -0.1) is 11.3 Å². The van der Waals surface area contributed by atoms with Gasteiger partial charge in [-0.3, -0.25) is 19.7 Å². The lowest BCUT2D eigenvalue weighted by atomic mass is 9.86. The highest BCUT2D eigenvalue weighted by atomic mass is 32.1. The number of nitrogens with one attached hydrogen (secondary N) is 1. The van der Waals surface area contributed by atoms with Crippen LogP contribution in [0.15, 0.2) is 5.38 Å². The van der Waals surface area contributed by atoms with E-state index in [4.69, 9.17) is 4.74 Å². The smallest absolute Gasteiger partial charge is 0.311 e. The minimum Gasteiger partial charge on any atom is -0.469 e. The standard InChI is InChI=1S/C17H24N2O5S/c1-23-16(22)9-13-11-25-17(18-13)19-14(20)10-24-15(21)8-7-12-5-3-2-4-6-12/h11-12H,2-10H2,1H3,(H,18,19,20). The first-order valence-corrected chi connectivity index (χ1v) is 9.41. The molecule has 1 aliphatic rings. The van der Waals surface area contributed by atoms with E-state index in [1.807, 2.05) is 0 Å². The third-order valence-corrected chi connectivity index (χ3v) is 5.00. The van der Waals surface area contributed by atoms with Crippen molar-refractivity contribution in [2.45, 2.75) is 51.4 Å². The van der Waals surface area contributed by atoms with Crippen molar-refractivity contribution in [3.8, 4) is 0 Å². The number of ether oxygens (including phenoxy) is 2. The summed E-state index contributed by atoms with van der Waals surface area (Å²) in [4.78, 5) is 38.8. The number of carbonyl (C=O) groups excluding carboxylic acids is 3. The summed E-state index contributed by atoms with van der Waals surface area (Å²) >= 11 is 1.20. The lowest BCUT2D eigenvalue weighted by Crippen LogP contribution is -2.21. The van der Waals surface area contributed by atoms with Gasteiger partial charge < -0.3 is 9.47 Å². The molecule has 1 fully saturated rings. The molecule has 0 aromatic carbocycles. The molecule has 0 radical (unpaired) electrons. The lowest BCUT2D eigenvalue weighted by Gasteiger charge is -2.20. The molecule has 1 aliphatic carbocycles. The van der Waals surface area contributed by atoms with E-state index in [1.54, 1.807) is 5.38 Å². The first kappa shape index (κ1) is 19.4. The summed E-state index contributed by atoms with van der Waals surface area (Å²) in [6, 6.07) is 0. The van der Waals surface area contributed by atoms with Crippen molar-refractivity contribution >= 4 is 34.3 Å². The highest BCUT2D eigenvalue weighted by Crippen LogP contribution is 2.27. The Balaban J connectivity index is 1.64. The molecule has 1 aromatic rings. The summed E-state index contributed by atoms with van der Waals surface area (Å²) in [5.41, 5.74) is 0.525.